The summed E-state index contributed by atoms with van der Waals surface area (Å²) >= 11 is 3.71. The Balaban J connectivity index is 1.79. The lowest BCUT2D eigenvalue weighted by Gasteiger charge is -2.43. The average Bonchev–Trinajstić information content (AvgIpc) is 2.93. The predicted octanol–water partition coefficient (Wildman–Crippen LogP) is 4.18. The molecule has 0 N–H and O–H groups in total. The summed E-state index contributed by atoms with van der Waals surface area (Å²) in [6.07, 6.45) is 3.46. The topological polar surface area (TPSA) is 26.3 Å². The third kappa shape index (κ3) is 1.80. The first-order chi connectivity index (χ1) is 10.2. The zero-order valence-corrected chi connectivity index (χ0v) is 13.5. The number of hydrogen-bond acceptors (Lipinski definition) is 2. The molecule has 4 rings (SSSR count). The van der Waals surface area contributed by atoms with Gasteiger partial charge < -0.3 is 4.74 Å². The zero-order chi connectivity index (χ0) is 14.6. The Hall–Kier alpha value is -1.35. The number of benzene rings is 1. The summed E-state index contributed by atoms with van der Waals surface area (Å²) in [4.78, 5) is 12.4. The number of carbonyl (C=O) groups is 1. The quantitative estimate of drug-likeness (QED) is 0.769. The van der Waals surface area contributed by atoms with Crippen LogP contribution in [0.15, 0.2) is 46.5 Å². The highest BCUT2D eigenvalue weighted by Gasteiger charge is 2.59. The summed E-state index contributed by atoms with van der Waals surface area (Å²) in [7, 11) is 0. The number of carbonyl (C=O) groups excluding carboxylic acids is 1. The number of allylic oxidation sites excluding steroid dienone is 3. The minimum Gasteiger partial charge on any atom is -0.463 e. The van der Waals surface area contributed by atoms with Crippen LogP contribution in [0.25, 0.3) is 5.57 Å². The molecule has 1 aromatic rings. The lowest BCUT2D eigenvalue weighted by molar-refractivity contribution is -0.139. The fourth-order valence-electron chi connectivity index (χ4n) is 4.34. The molecule has 1 aromatic carbocycles. The molecule has 0 heterocycles. The maximum absolute atomic E-state index is 12.4. The molecule has 0 aromatic heterocycles. The fourth-order valence-corrected chi connectivity index (χ4v) is 5.16. The van der Waals surface area contributed by atoms with Gasteiger partial charge in [-0.3, -0.25) is 0 Å². The minimum absolute atomic E-state index is 0.116. The van der Waals surface area contributed by atoms with Gasteiger partial charge in [0.2, 0.25) is 0 Å². The van der Waals surface area contributed by atoms with Gasteiger partial charge in [-0.2, -0.15) is 0 Å². The van der Waals surface area contributed by atoms with E-state index in [2.05, 4.69) is 34.1 Å². The Morgan fingerprint density at radius 1 is 1.29 bits per heavy atom. The number of hydrogen-bond donors (Lipinski definition) is 0. The fraction of sp³-hybridized carbons (Fsp3) is 0.389. The van der Waals surface area contributed by atoms with Crippen molar-refractivity contribution in [3.63, 3.8) is 0 Å². The first-order valence-electron chi connectivity index (χ1n) is 7.56. The molecule has 0 unspecified atom stereocenters. The van der Waals surface area contributed by atoms with Crippen molar-refractivity contribution in [1.29, 1.82) is 0 Å². The number of esters is 1. The molecule has 0 radical (unpaired) electrons. The van der Waals surface area contributed by atoms with Gasteiger partial charge in [-0.05, 0) is 40.8 Å². The van der Waals surface area contributed by atoms with Crippen LogP contribution >= 0.6 is 15.9 Å². The standard InChI is InChI=1S/C18H17BrO2/c1-2-21-18(20)17-14(10-6-4-3-5-7-10)16-12-8-11(15(16)17)9-13(12)19/h3-7,9,11-12,15-16H,2,8H2,1H3/t11-,12+,15-,16-/m0/s1. The molecule has 21 heavy (non-hydrogen) atoms. The van der Waals surface area contributed by atoms with E-state index >= 15 is 0 Å². The predicted molar refractivity (Wildman–Crippen MR) is 85.6 cm³/mol. The van der Waals surface area contributed by atoms with Crippen LogP contribution < -0.4 is 0 Å². The number of ether oxygens (including phenoxy) is 1. The Kier molecular flexibility index (Phi) is 3.07. The highest BCUT2D eigenvalue weighted by atomic mass is 79.9. The second-order valence-electron chi connectivity index (χ2n) is 6.02. The molecule has 1 fully saturated rings. The SMILES string of the molecule is CCOC(=O)C1=C(c2ccccc2)[C@H]2[C@@H]1[C@@H]1C=C(Br)[C@H]2C1. The van der Waals surface area contributed by atoms with E-state index in [0.29, 0.717) is 30.3 Å². The van der Waals surface area contributed by atoms with Gasteiger partial charge in [0.25, 0.3) is 0 Å². The number of halogens is 1. The average molecular weight is 345 g/mol. The summed E-state index contributed by atoms with van der Waals surface area (Å²) in [5.41, 5.74) is 3.32. The van der Waals surface area contributed by atoms with E-state index in [0.717, 1.165) is 12.0 Å². The first-order valence-corrected chi connectivity index (χ1v) is 8.35. The molecule has 0 amide bonds. The van der Waals surface area contributed by atoms with Crippen molar-refractivity contribution in [3.05, 3.63) is 52.0 Å². The molecule has 2 nitrogen and oxygen atoms in total. The lowest BCUT2D eigenvalue weighted by Crippen LogP contribution is -2.38. The molecule has 3 heteroatoms. The molecule has 4 atom stereocenters. The molecule has 2 bridgehead atoms. The molecule has 0 aliphatic heterocycles. The van der Waals surface area contributed by atoms with Gasteiger partial charge in [0.15, 0.2) is 0 Å². The first kappa shape index (κ1) is 13.3. The van der Waals surface area contributed by atoms with Crippen LogP contribution in [-0.2, 0) is 9.53 Å². The van der Waals surface area contributed by atoms with Crippen LogP contribution in [0, 0.1) is 23.7 Å². The maximum atomic E-state index is 12.4. The maximum Gasteiger partial charge on any atom is 0.334 e. The van der Waals surface area contributed by atoms with Crippen LogP contribution in [0.3, 0.4) is 0 Å². The summed E-state index contributed by atoms with van der Waals surface area (Å²) in [6.45, 7) is 2.31. The zero-order valence-electron chi connectivity index (χ0n) is 11.9. The van der Waals surface area contributed by atoms with E-state index in [1.54, 1.807) is 0 Å². The molecule has 0 saturated heterocycles. The van der Waals surface area contributed by atoms with Crippen molar-refractivity contribution in [2.75, 3.05) is 6.61 Å². The van der Waals surface area contributed by atoms with Crippen molar-refractivity contribution >= 4 is 27.5 Å². The van der Waals surface area contributed by atoms with Crippen molar-refractivity contribution in [2.45, 2.75) is 13.3 Å². The van der Waals surface area contributed by atoms with Crippen molar-refractivity contribution in [2.24, 2.45) is 23.7 Å². The van der Waals surface area contributed by atoms with Crippen LogP contribution in [0.2, 0.25) is 0 Å². The van der Waals surface area contributed by atoms with Crippen LogP contribution in [-0.4, -0.2) is 12.6 Å². The van der Waals surface area contributed by atoms with E-state index < -0.39 is 0 Å². The van der Waals surface area contributed by atoms with E-state index in [4.69, 9.17) is 4.74 Å². The van der Waals surface area contributed by atoms with E-state index in [1.165, 1.54) is 15.6 Å². The van der Waals surface area contributed by atoms with E-state index in [-0.39, 0.29) is 5.97 Å². The Morgan fingerprint density at radius 3 is 2.76 bits per heavy atom. The van der Waals surface area contributed by atoms with Crippen LogP contribution in [0.1, 0.15) is 18.9 Å². The third-order valence-electron chi connectivity index (χ3n) is 5.07. The third-order valence-corrected chi connectivity index (χ3v) is 5.92. The largest absolute Gasteiger partial charge is 0.463 e. The van der Waals surface area contributed by atoms with E-state index in [9.17, 15) is 4.79 Å². The summed E-state index contributed by atoms with van der Waals surface area (Å²) < 4.78 is 6.64. The second kappa shape index (κ2) is 4.84. The van der Waals surface area contributed by atoms with Crippen molar-refractivity contribution in [3.8, 4) is 0 Å². The summed E-state index contributed by atoms with van der Waals surface area (Å²) in [5.74, 6) is 1.78. The summed E-state index contributed by atoms with van der Waals surface area (Å²) in [6, 6.07) is 10.3. The molecule has 0 spiro atoms. The highest BCUT2D eigenvalue weighted by molar-refractivity contribution is 9.11. The van der Waals surface area contributed by atoms with Crippen LogP contribution in [0.5, 0.6) is 0 Å². The number of fused-ring (bicyclic) bond motifs is 5. The van der Waals surface area contributed by atoms with Gasteiger partial charge in [0.1, 0.15) is 0 Å². The second-order valence-corrected chi connectivity index (χ2v) is 6.94. The monoisotopic (exact) mass is 344 g/mol. The molecule has 3 aliphatic carbocycles. The lowest BCUT2D eigenvalue weighted by atomic mass is 9.61. The van der Waals surface area contributed by atoms with Crippen molar-refractivity contribution < 1.29 is 9.53 Å². The minimum atomic E-state index is -0.116. The van der Waals surface area contributed by atoms with Crippen molar-refractivity contribution in [1.82, 2.24) is 0 Å². The van der Waals surface area contributed by atoms with Gasteiger partial charge >= 0.3 is 5.97 Å². The smallest absolute Gasteiger partial charge is 0.334 e. The normalized spacial score (nSPS) is 32.6. The Bertz CT molecular complexity index is 659. The Morgan fingerprint density at radius 2 is 2.05 bits per heavy atom. The molecule has 1 saturated carbocycles. The molecule has 108 valence electrons. The van der Waals surface area contributed by atoms with Gasteiger partial charge in [0.05, 0.1) is 6.61 Å². The molecular weight excluding hydrogens is 328 g/mol. The van der Waals surface area contributed by atoms with E-state index in [1.807, 2.05) is 25.1 Å². The Labute approximate surface area is 133 Å². The highest BCUT2D eigenvalue weighted by Crippen LogP contribution is 2.66. The summed E-state index contributed by atoms with van der Waals surface area (Å²) in [5, 5.41) is 0. The van der Waals surface area contributed by atoms with Gasteiger partial charge in [0, 0.05) is 17.4 Å². The number of rotatable bonds is 3. The van der Waals surface area contributed by atoms with Crippen LogP contribution in [0.4, 0.5) is 0 Å². The van der Waals surface area contributed by atoms with Gasteiger partial charge in [-0.1, -0.05) is 52.3 Å². The molecular formula is C18H17BrO2. The molecule has 3 aliphatic rings. The van der Waals surface area contributed by atoms with Gasteiger partial charge in [-0.25, -0.2) is 4.79 Å². The van der Waals surface area contributed by atoms with Gasteiger partial charge in [-0.15, -0.1) is 0 Å².